The number of hydrogen-bond donors (Lipinski definition) is 1. The first kappa shape index (κ1) is 75.8. The number of allylic oxidation sites excluding steroid dienone is 4. The molecule has 78 heavy (non-hydrogen) atoms. The van der Waals surface area contributed by atoms with Crippen LogP contribution in [0.15, 0.2) is 24.3 Å². The summed E-state index contributed by atoms with van der Waals surface area (Å²) in [4.78, 5) is 37.4. The van der Waals surface area contributed by atoms with Crippen molar-refractivity contribution < 1.29 is 42.9 Å². The highest BCUT2D eigenvalue weighted by Crippen LogP contribution is 2.18. The minimum Gasteiger partial charge on any atom is -0.477 e. The molecule has 0 spiro atoms. The Balaban J connectivity index is 3.84. The first-order chi connectivity index (χ1) is 38.1. The number of quaternary nitrogens is 1. The van der Waals surface area contributed by atoms with Crippen LogP contribution in [0.2, 0.25) is 0 Å². The van der Waals surface area contributed by atoms with Crippen LogP contribution in [0.1, 0.15) is 341 Å². The number of carbonyl (C=O) groups is 3. The summed E-state index contributed by atoms with van der Waals surface area (Å²) in [6.45, 7) is 4.88. The van der Waals surface area contributed by atoms with Crippen LogP contribution in [0.3, 0.4) is 0 Å². The van der Waals surface area contributed by atoms with Crippen LogP contribution >= 0.6 is 0 Å². The molecule has 0 aliphatic carbocycles. The Labute approximate surface area is 484 Å². The molecule has 0 heterocycles. The molecule has 0 amide bonds. The van der Waals surface area contributed by atoms with Gasteiger partial charge >= 0.3 is 17.9 Å². The van der Waals surface area contributed by atoms with Gasteiger partial charge < -0.3 is 28.5 Å². The van der Waals surface area contributed by atoms with Gasteiger partial charge in [-0.1, -0.05) is 289 Å². The summed E-state index contributed by atoms with van der Waals surface area (Å²) in [5.74, 6) is -2.00. The van der Waals surface area contributed by atoms with Crippen molar-refractivity contribution in [1.82, 2.24) is 0 Å². The fourth-order valence-electron chi connectivity index (χ4n) is 10.2. The highest BCUT2D eigenvalue weighted by Gasteiger charge is 2.25. The third-order valence-corrected chi connectivity index (χ3v) is 15.4. The second-order valence-corrected chi connectivity index (χ2v) is 24.5. The highest BCUT2D eigenvalue weighted by atomic mass is 16.7. The van der Waals surface area contributed by atoms with Gasteiger partial charge in [0.2, 0.25) is 0 Å². The van der Waals surface area contributed by atoms with E-state index in [2.05, 4.69) is 38.2 Å². The van der Waals surface area contributed by atoms with Crippen LogP contribution in [0.5, 0.6) is 0 Å². The van der Waals surface area contributed by atoms with Gasteiger partial charge in [-0.25, -0.2) is 4.79 Å². The lowest BCUT2D eigenvalue weighted by atomic mass is 10.0. The van der Waals surface area contributed by atoms with Gasteiger partial charge in [-0.05, 0) is 64.2 Å². The number of unbranched alkanes of at least 4 members (excludes halogenated alkanes) is 45. The number of carboxylic acids is 1. The summed E-state index contributed by atoms with van der Waals surface area (Å²) in [7, 11) is 5.98. The second kappa shape index (κ2) is 60.9. The van der Waals surface area contributed by atoms with E-state index in [1.165, 1.54) is 257 Å². The van der Waals surface area contributed by atoms with Gasteiger partial charge in [-0.2, -0.15) is 0 Å². The van der Waals surface area contributed by atoms with E-state index in [1.54, 1.807) is 0 Å². The van der Waals surface area contributed by atoms with Crippen LogP contribution in [-0.4, -0.2) is 87.4 Å². The summed E-state index contributed by atoms with van der Waals surface area (Å²) >= 11 is 0. The number of likely N-dealkylation sites (N-methyl/N-ethyl adjacent to an activating group) is 1. The zero-order chi connectivity index (χ0) is 56.9. The molecule has 0 aliphatic heterocycles. The minimum absolute atomic E-state index is 0.181. The molecule has 460 valence electrons. The molecule has 0 saturated carbocycles. The SMILES string of the molecule is CCCCC/C=C\CCCCCCCC(=O)OCC(COC(OCC[N+](C)(C)C)C(=O)O)OC(=O)CCCCCCCCCCCCCCCCCCCCCCCCCCCCCCC/C=C\CCCCCCCCCC. The maximum absolute atomic E-state index is 12.9. The van der Waals surface area contributed by atoms with Crippen LogP contribution < -0.4 is 0 Å². The number of carboxylic acid groups (broad SMARTS) is 1. The second-order valence-electron chi connectivity index (χ2n) is 24.5. The minimum atomic E-state index is -1.51. The molecule has 0 aromatic carbocycles. The number of hydrogen-bond acceptors (Lipinski definition) is 7. The lowest BCUT2D eigenvalue weighted by molar-refractivity contribution is -0.870. The molecule has 0 radical (unpaired) electrons. The smallest absolute Gasteiger partial charge is 0.361 e. The van der Waals surface area contributed by atoms with Gasteiger partial charge in [0.25, 0.3) is 6.29 Å². The Hall–Kier alpha value is -2.23. The first-order valence-electron chi connectivity index (χ1n) is 34.0. The van der Waals surface area contributed by atoms with E-state index in [4.69, 9.17) is 18.9 Å². The Bertz CT molecular complexity index is 1330. The van der Waals surface area contributed by atoms with Crippen molar-refractivity contribution in [2.75, 3.05) is 47.5 Å². The monoisotopic (exact) mass is 1100 g/mol. The first-order valence-corrected chi connectivity index (χ1v) is 34.0. The van der Waals surface area contributed by atoms with Crippen molar-refractivity contribution in [3.05, 3.63) is 24.3 Å². The van der Waals surface area contributed by atoms with E-state index in [9.17, 15) is 19.5 Å². The molecule has 0 bridgehead atoms. The quantitative estimate of drug-likeness (QED) is 0.0211. The summed E-state index contributed by atoms with van der Waals surface area (Å²) < 4.78 is 22.9. The van der Waals surface area contributed by atoms with Gasteiger partial charge in [0.1, 0.15) is 13.2 Å². The Morgan fingerprint density at radius 3 is 0.974 bits per heavy atom. The highest BCUT2D eigenvalue weighted by molar-refractivity contribution is 5.71. The molecule has 2 atom stereocenters. The lowest BCUT2D eigenvalue weighted by Crippen LogP contribution is -2.40. The van der Waals surface area contributed by atoms with Crippen molar-refractivity contribution >= 4 is 17.9 Å². The zero-order valence-electron chi connectivity index (χ0n) is 52.6. The summed E-state index contributed by atoms with van der Waals surface area (Å²) in [5.41, 5.74) is 0. The largest absolute Gasteiger partial charge is 0.477 e. The van der Waals surface area contributed by atoms with E-state index >= 15 is 0 Å². The van der Waals surface area contributed by atoms with Crippen molar-refractivity contribution in [2.24, 2.45) is 0 Å². The molecule has 1 N–H and O–H groups in total. The maximum Gasteiger partial charge on any atom is 0.361 e. The van der Waals surface area contributed by atoms with E-state index in [1.807, 2.05) is 21.1 Å². The third kappa shape index (κ3) is 61.4. The van der Waals surface area contributed by atoms with Crippen LogP contribution in [0, 0.1) is 0 Å². The van der Waals surface area contributed by atoms with Gasteiger partial charge in [0, 0.05) is 12.8 Å². The van der Waals surface area contributed by atoms with Crippen molar-refractivity contribution in [3.8, 4) is 0 Å². The molecule has 9 nitrogen and oxygen atoms in total. The van der Waals surface area contributed by atoms with Crippen LogP contribution in [0.4, 0.5) is 0 Å². The van der Waals surface area contributed by atoms with Crippen LogP contribution in [-0.2, 0) is 33.3 Å². The van der Waals surface area contributed by atoms with Gasteiger partial charge in [-0.3, -0.25) is 9.59 Å². The normalized spacial score (nSPS) is 12.8. The number of rotatable bonds is 64. The van der Waals surface area contributed by atoms with Crippen molar-refractivity contribution in [3.63, 3.8) is 0 Å². The Morgan fingerprint density at radius 1 is 0.372 bits per heavy atom. The lowest BCUT2D eigenvalue weighted by Gasteiger charge is -2.25. The zero-order valence-corrected chi connectivity index (χ0v) is 52.6. The Morgan fingerprint density at radius 2 is 0.654 bits per heavy atom. The van der Waals surface area contributed by atoms with E-state index in [0.29, 0.717) is 17.4 Å². The fourth-order valence-corrected chi connectivity index (χ4v) is 10.2. The summed E-state index contributed by atoms with van der Waals surface area (Å²) in [5, 5.41) is 9.70. The molecule has 9 heteroatoms. The van der Waals surface area contributed by atoms with E-state index < -0.39 is 18.4 Å². The molecule has 2 unspecified atom stereocenters. The number of esters is 2. The number of aliphatic carboxylic acids is 1. The predicted molar refractivity (Wildman–Crippen MR) is 332 cm³/mol. The molecular formula is C69H132NO8+. The van der Waals surface area contributed by atoms with Crippen molar-refractivity contribution in [2.45, 2.75) is 354 Å². The average molecular weight is 1100 g/mol. The summed E-state index contributed by atoms with van der Waals surface area (Å²) in [6, 6.07) is 0. The van der Waals surface area contributed by atoms with Gasteiger partial charge in [-0.15, -0.1) is 0 Å². The molecule has 0 aliphatic rings. The molecule has 0 fully saturated rings. The predicted octanol–water partition coefficient (Wildman–Crippen LogP) is 20.6. The number of carbonyl (C=O) groups excluding carboxylic acids is 2. The maximum atomic E-state index is 12.9. The number of ether oxygens (including phenoxy) is 4. The van der Waals surface area contributed by atoms with Gasteiger partial charge in [0.05, 0.1) is 34.4 Å². The molecule has 0 saturated heterocycles. The third-order valence-electron chi connectivity index (χ3n) is 15.4. The topological polar surface area (TPSA) is 108 Å². The average Bonchev–Trinajstić information content (AvgIpc) is 3.41. The van der Waals surface area contributed by atoms with E-state index in [-0.39, 0.29) is 38.2 Å². The molecular weight excluding hydrogens is 971 g/mol. The molecule has 0 rings (SSSR count). The van der Waals surface area contributed by atoms with Gasteiger partial charge in [0.15, 0.2) is 6.10 Å². The Kier molecular flexibility index (Phi) is 59.1. The number of nitrogens with zero attached hydrogens (tertiary/aromatic N) is 1. The summed E-state index contributed by atoms with van der Waals surface area (Å²) in [6.07, 6.45) is 71.9. The molecule has 0 aromatic rings. The standard InChI is InChI=1S/C69H131NO8/c1-6-8-10-12-14-16-18-20-21-22-23-24-25-26-27-28-29-30-31-32-33-34-35-36-37-38-39-40-41-42-43-44-45-46-47-48-50-52-54-56-58-60-67(72)78-65(64-77-69(68(73)74)75-62-61-70(3,4)5)63-76-66(71)59-57-55-53-51-49-19-17-15-13-11-9-7-2/h15,17,22-23,65,69H,6-14,16,18-21,24-64H2,1-5H3/p+1/b17-15-,23-22-. The fraction of sp³-hybridized carbons (Fsp3) is 0.899. The van der Waals surface area contributed by atoms with Crippen LogP contribution in [0.25, 0.3) is 0 Å². The van der Waals surface area contributed by atoms with E-state index in [0.717, 1.165) is 57.8 Å². The van der Waals surface area contributed by atoms with Crippen molar-refractivity contribution in [1.29, 1.82) is 0 Å². The molecule has 0 aromatic heterocycles.